The number of anilines is 1. The van der Waals surface area contributed by atoms with E-state index in [1.807, 2.05) is 0 Å². The maximum atomic E-state index is 13.2. The molecule has 0 saturated carbocycles. The highest BCUT2D eigenvalue weighted by molar-refractivity contribution is 6.31. The molecule has 10 nitrogen and oxygen atoms in total. The number of methoxy groups -OCH3 is 2. The summed E-state index contributed by atoms with van der Waals surface area (Å²) in [6.07, 6.45) is 3.03. The molecule has 0 saturated heterocycles. The van der Waals surface area contributed by atoms with Gasteiger partial charge in [0.15, 0.2) is 23.9 Å². The molecular weight excluding hydrogens is 467 g/mol. The highest BCUT2D eigenvalue weighted by Crippen LogP contribution is 2.36. The average molecular weight is 487 g/mol. The van der Waals surface area contributed by atoms with Gasteiger partial charge in [-0.15, -0.1) is 5.10 Å². The molecule has 0 bridgehead atoms. The quantitative estimate of drug-likeness (QED) is 0.385. The first-order valence-corrected chi connectivity index (χ1v) is 10.4. The largest absolute Gasteiger partial charge is 0.493 e. The molecule has 0 radical (unpaired) electrons. The number of benzene rings is 2. The molecule has 0 aliphatic heterocycles. The second kappa shape index (κ2) is 10.2. The number of ether oxygens (including phenoxy) is 3. The van der Waals surface area contributed by atoms with E-state index in [1.165, 1.54) is 48.1 Å². The molecule has 0 spiro atoms. The van der Waals surface area contributed by atoms with Gasteiger partial charge in [0.25, 0.3) is 5.91 Å². The van der Waals surface area contributed by atoms with Crippen LogP contribution in [0.1, 0.15) is 16.1 Å². The van der Waals surface area contributed by atoms with Crippen LogP contribution in [0.3, 0.4) is 0 Å². The summed E-state index contributed by atoms with van der Waals surface area (Å²) in [5.74, 6) is 0.609. The van der Waals surface area contributed by atoms with E-state index in [0.717, 1.165) is 0 Å². The van der Waals surface area contributed by atoms with E-state index in [4.69, 9.17) is 25.8 Å². The fourth-order valence-corrected chi connectivity index (χ4v) is 3.29. The summed E-state index contributed by atoms with van der Waals surface area (Å²) in [5, 5.41) is 11.3. The molecule has 176 valence electrons. The van der Waals surface area contributed by atoms with Crippen LogP contribution in [-0.2, 0) is 13.3 Å². The van der Waals surface area contributed by atoms with E-state index < -0.39 is 11.7 Å². The van der Waals surface area contributed by atoms with Crippen molar-refractivity contribution in [3.63, 3.8) is 0 Å². The molecule has 0 aliphatic carbocycles. The fourth-order valence-electron chi connectivity index (χ4n) is 3.06. The Hall–Kier alpha value is -4.12. The second-order valence-corrected chi connectivity index (χ2v) is 7.37. The number of para-hydroxylation sites is 1. The Kier molecular flexibility index (Phi) is 6.93. The number of nitrogens with zero attached hydrogens (tertiary/aromatic N) is 5. The number of aromatic nitrogens is 5. The number of hydrogen-bond acceptors (Lipinski definition) is 7. The lowest BCUT2D eigenvalue weighted by atomic mass is 10.2. The minimum absolute atomic E-state index is 0.0231. The second-order valence-electron chi connectivity index (χ2n) is 6.96. The summed E-state index contributed by atoms with van der Waals surface area (Å²) < 4.78 is 32.5. The van der Waals surface area contributed by atoms with E-state index in [1.54, 1.807) is 30.5 Å². The first-order valence-electron chi connectivity index (χ1n) is 9.99. The molecular formula is C22H20ClFN6O4. The zero-order valence-electron chi connectivity index (χ0n) is 18.2. The van der Waals surface area contributed by atoms with Crippen LogP contribution in [0.2, 0.25) is 5.02 Å². The third-order valence-electron chi connectivity index (χ3n) is 4.71. The third kappa shape index (κ3) is 5.26. The van der Waals surface area contributed by atoms with Crippen LogP contribution in [0, 0.1) is 5.82 Å². The van der Waals surface area contributed by atoms with Crippen molar-refractivity contribution >= 4 is 23.5 Å². The standard InChI is InChI=1S/C22H20ClFN6O4/c1-32-18-4-3-5-19(33-2)20(18)34-13-29-9-8-17(27-29)21(31)26-22-25-12-30(28-22)11-14-6-7-15(24)10-16(14)23/h3-10,12H,11,13H2,1-2H3,(H,26,28,31). The summed E-state index contributed by atoms with van der Waals surface area (Å²) >= 11 is 6.05. The topological polar surface area (TPSA) is 105 Å². The van der Waals surface area contributed by atoms with Gasteiger partial charge in [0.05, 0.1) is 20.8 Å². The van der Waals surface area contributed by atoms with Gasteiger partial charge in [-0.25, -0.2) is 18.7 Å². The molecule has 1 amide bonds. The Morgan fingerprint density at radius 3 is 2.56 bits per heavy atom. The predicted molar refractivity (Wildman–Crippen MR) is 121 cm³/mol. The van der Waals surface area contributed by atoms with Gasteiger partial charge in [0, 0.05) is 11.2 Å². The highest BCUT2D eigenvalue weighted by Gasteiger charge is 2.15. The summed E-state index contributed by atoms with van der Waals surface area (Å²) in [6.45, 7) is 0.287. The lowest BCUT2D eigenvalue weighted by molar-refractivity contribution is 0.101. The molecule has 4 rings (SSSR count). The molecule has 0 unspecified atom stereocenters. The summed E-state index contributed by atoms with van der Waals surface area (Å²) in [6, 6.07) is 10.9. The van der Waals surface area contributed by atoms with Crippen molar-refractivity contribution in [3.05, 3.63) is 77.1 Å². The van der Waals surface area contributed by atoms with Gasteiger partial charge >= 0.3 is 0 Å². The van der Waals surface area contributed by atoms with Crippen molar-refractivity contribution in [1.29, 1.82) is 0 Å². The normalized spacial score (nSPS) is 10.7. The first kappa shape index (κ1) is 23.1. The minimum atomic E-state index is -0.494. The number of halogens is 2. The number of rotatable bonds is 9. The van der Waals surface area contributed by atoms with Crippen molar-refractivity contribution in [3.8, 4) is 17.2 Å². The van der Waals surface area contributed by atoms with Crippen LogP contribution in [0.15, 0.2) is 55.0 Å². The average Bonchev–Trinajstić information content (AvgIpc) is 3.49. The van der Waals surface area contributed by atoms with Crippen molar-refractivity contribution in [2.24, 2.45) is 0 Å². The van der Waals surface area contributed by atoms with Crippen LogP contribution in [0.5, 0.6) is 17.2 Å². The summed E-state index contributed by atoms with van der Waals surface area (Å²) in [7, 11) is 3.06. The van der Waals surface area contributed by atoms with Crippen LogP contribution in [-0.4, -0.2) is 44.7 Å². The third-order valence-corrected chi connectivity index (χ3v) is 5.06. The van der Waals surface area contributed by atoms with Crippen molar-refractivity contribution < 1.29 is 23.4 Å². The molecule has 1 N–H and O–H groups in total. The Labute approximate surface area is 198 Å². The van der Waals surface area contributed by atoms with Gasteiger partial charge < -0.3 is 14.2 Å². The van der Waals surface area contributed by atoms with Crippen LogP contribution in [0.4, 0.5) is 10.3 Å². The zero-order valence-corrected chi connectivity index (χ0v) is 19.0. The molecule has 12 heteroatoms. The van der Waals surface area contributed by atoms with E-state index >= 15 is 0 Å². The first-order chi connectivity index (χ1) is 16.5. The monoisotopic (exact) mass is 486 g/mol. The molecule has 2 heterocycles. The van der Waals surface area contributed by atoms with E-state index in [2.05, 4.69) is 20.5 Å². The fraction of sp³-hybridized carbons (Fsp3) is 0.182. The smallest absolute Gasteiger partial charge is 0.278 e. The summed E-state index contributed by atoms with van der Waals surface area (Å²) in [5.41, 5.74) is 0.810. The number of nitrogens with one attached hydrogen (secondary N) is 1. The van der Waals surface area contributed by atoms with Crippen LogP contribution >= 0.6 is 11.6 Å². The molecule has 0 fully saturated rings. The van der Waals surface area contributed by atoms with E-state index in [9.17, 15) is 9.18 Å². The highest BCUT2D eigenvalue weighted by atomic mass is 35.5. The maximum Gasteiger partial charge on any atom is 0.278 e. The van der Waals surface area contributed by atoms with Gasteiger partial charge in [-0.1, -0.05) is 23.7 Å². The number of carbonyl (C=O) groups is 1. The molecule has 0 atom stereocenters. The van der Waals surface area contributed by atoms with Gasteiger partial charge in [-0.3, -0.25) is 10.1 Å². The SMILES string of the molecule is COc1cccc(OC)c1OCn1ccc(C(=O)Nc2ncn(Cc3ccc(F)cc3Cl)n2)n1. The molecule has 2 aromatic carbocycles. The van der Waals surface area contributed by atoms with Gasteiger partial charge in [0.2, 0.25) is 11.7 Å². The number of hydrogen-bond donors (Lipinski definition) is 1. The minimum Gasteiger partial charge on any atom is -0.493 e. The lowest BCUT2D eigenvalue weighted by Gasteiger charge is -2.13. The molecule has 34 heavy (non-hydrogen) atoms. The Morgan fingerprint density at radius 1 is 1.09 bits per heavy atom. The Bertz CT molecular complexity index is 1290. The van der Waals surface area contributed by atoms with Gasteiger partial charge in [0.1, 0.15) is 12.1 Å². The van der Waals surface area contributed by atoms with Gasteiger partial charge in [-0.2, -0.15) is 5.10 Å². The molecule has 2 aromatic heterocycles. The molecule has 0 aliphatic rings. The summed E-state index contributed by atoms with van der Waals surface area (Å²) in [4.78, 5) is 16.6. The van der Waals surface area contributed by atoms with Crippen molar-refractivity contribution in [2.45, 2.75) is 13.3 Å². The Morgan fingerprint density at radius 2 is 1.85 bits per heavy atom. The van der Waals surface area contributed by atoms with Gasteiger partial charge in [-0.05, 0) is 35.9 Å². The Balaban J connectivity index is 1.37. The molecule has 4 aromatic rings. The van der Waals surface area contributed by atoms with E-state index in [0.29, 0.717) is 22.8 Å². The van der Waals surface area contributed by atoms with Crippen molar-refractivity contribution in [2.75, 3.05) is 19.5 Å². The lowest BCUT2D eigenvalue weighted by Crippen LogP contribution is -2.15. The predicted octanol–water partition coefficient (Wildman–Crippen LogP) is 3.62. The van der Waals surface area contributed by atoms with Crippen molar-refractivity contribution in [1.82, 2.24) is 24.5 Å². The number of carbonyl (C=O) groups excluding carboxylic acids is 1. The van der Waals surface area contributed by atoms with E-state index in [-0.39, 0.29) is 29.9 Å². The number of amides is 1. The maximum absolute atomic E-state index is 13.2. The zero-order chi connectivity index (χ0) is 24.1. The van der Waals surface area contributed by atoms with Crippen LogP contribution < -0.4 is 19.5 Å². The van der Waals surface area contributed by atoms with Crippen LogP contribution in [0.25, 0.3) is 0 Å².